The number of pyridine rings is 1. The minimum atomic E-state index is -4.49. The number of aromatic hydroxyl groups is 1. The molecule has 1 aromatic heterocycles. The van der Waals surface area contributed by atoms with Crippen molar-refractivity contribution >= 4 is 22.8 Å². The van der Waals surface area contributed by atoms with Gasteiger partial charge in [0.2, 0.25) is 0 Å². The number of phenols is 1. The maximum atomic E-state index is 12.9. The Hall–Kier alpha value is -4.40. The molecule has 4 N–H and O–H groups in total. The number of alkyl halides is 3. The highest BCUT2D eigenvalue weighted by molar-refractivity contribution is 6.06. The zero-order chi connectivity index (χ0) is 27.9. The first-order valence-corrected chi connectivity index (χ1v) is 11.9. The van der Waals surface area contributed by atoms with Crippen molar-refractivity contribution in [3.8, 4) is 16.9 Å². The van der Waals surface area contributed by atoms with Crippen molar-refractivity contribution in [3.63, 3.8) is 0 Å². The van der Waals surface area contributed by atoms with Crippen molar-refractivity contribution in [3.05, 3.63) is 95.2 Å². The van der Waals surface area contributed by atoms with Gasteiger partial charge in [0.25, 0.3) is 5.91 Å². The van der Waals surface area contributed by atoms with Gasteiger partial charge in [0.1, 0.15) is 11.4 Å². The summed E-state index contributed by atoms with van der Waals surface area (Å²) in [5, 5.41) is 18.6. The van der Waals surface area contributed by atoms with Crippen LogP contribution in [0.5, 0.6) is 5.75 Å². The van der Waals surface area contributed by atoms with Gasteiger partial charge in [-0.1, -0.05) is 50.1 Å². The van der Waals surface area contributed by atoms with Gasteiger partial charge in [-0.2, -0.15) is 13.2 Å². The summed E-state index contributed by atoms with van der Waals surface area (Å²) in [5.41, 5.74) is 6.11. The Morgan fingerprint density at radius 1 is 0.921 bits per heavy atom. The Morgan fingerprint density at radius 3 is 2.21 bits per heavy atom. The highest BCUT2D eigenvalue weighted by Crippen LogP contribution is 2.33. The van der Waals surface area contributed by atoms with E-state index in [0.29, 0.717) is 11.3 Å². The number of amides is 1. The van der Waals surface area contributed by atoms with Gasteiger partial charge in [-0.15, -0.1) is 0 Å². The summed E-state index contributed by atoms with van der Waals surface area (Å²) in [6.45, 7) is 2.21. The summed E-state index contributed by atoms with van der Waals surface area (Å²) in [7, 11) is 0. The first-order chi connectivity index (χ1) is 18.0. The number of hydrogen-bond acceptors (Lipinski definition) is 4. The number of phenolic OH excluding ortho intramolecular Hbond substituents is 1. The van der Waals surface area contributed by atoms with Crippen LogP contribution in [-0.2, 0) is 12.6 Å². The van der Waals surface area contributed by atoms with Gasteiger partial charge in [-0.25, -0.2) is 9.78 Å². The molecule has 198 valence electrons. The number of hydrogen-bond donors (Lipinski definition) is 3. The van der Waals surface area contributed by atoms with Crippen molar-refractivity contribution in [2.75, 3.05) is 0 Å². The van der Waals surface area contributed by atoms with Gasteiger partial charge in [0, 0.05) is 5.39 Å². The van der Waals surface area contributed by atoms with E-state index in [9.17, 15) is 27.9 Å². The monoisotopic (exact) mass is 524 g/mol. The zero-order valence-electron chi connectivity index (χ0n) is 20.6. The number of nitrogens with two attached hydrogens (primary N) is 1. The van der Waals surface area contributed by atoms with Crippen LogP contribution < -0.4 is 5.73 Å². The first kappa shape index (κ1) is 28.2. The van der Waals surface area contributed by atoms with Gasteiger partial charge in [0.15, 0.2) is 0 Å². The van der Waals surface area contributed by atoms with Gasteiger partial charge in [0.05, 0.1) is 16.6 Å². The Morgan fingerprint density at radius 2 is 1.61 bits per heavy atom. The standard InChI is InChI=1S/C18H11F3N2O3.C11H16O/c19-18(20,21)11-3-1-2-9(6-11)10-4-5-14-12(7-10)13(17(25)26)8-15(23-14)16(22)24;1-2-3-4-5-10-6-8-11(12)9-7-10/h1-8H,(H2,22,24)(H,25,26);6-9,12H,2-5H2,1H3. The number of benzene rings is 3. The van der Waals surface area contributed by atoms with Gasteiger partial charge >= 0.3 is 12.1 Å². The predicted octanol–water partition coefficient (Wildman–Crippen LogP) is 6.84. The lowest BCUT2D eigenvalue weighted by Crippen LogP contribution is -2.14. The number of aromatic carboxylic acids is 1. The summed E-state index contributed by atoms with van der Waals surface area (Å²) in [4.78, 5) is 26.8. The first-order valence-electron chi connectivity index (χ1n) is 11.9. The number of nitrogens with zero attached hydrogens (tertiary/aromatic N) is 1. The van der Waals surface area contributed by atoms with Crippen molar-refractivity contribution in [1.29, 1.82) is 0 Å². The lowest BCUT2D eigenvalue weighted by atomic mass is 9.98. The number of carbonyl (C=O) groups excluding carboxylic acids is 1. The van der Waals surface area contributed by atoms with E-state index < -0.39 is 23.6 Å². The molecule has 0 radical (unpaired) electrons. The number of carbonyl (C=O) groups is 2. The number of halogens is 3. The van der Waals surface area contributed by atoms with Crippen molar-refractivity contribution < 1.29 is 33.0 Å². The molecule has 0 aliphatic carbocycles. The lowest BCUT2D eigenvalue weighted by Gasteiger charge is -2.10. The molecule has 4 aromatic rings. The Labute approximate surface area is 217 Å². The molecule has 0 aliphatic heterocycles. The molecule has 0 unspecified atom stereocenters. The second-order valence-electron chi connectivity index (χ2n) is 8.66. The predicted molar refractivity (Wildman–Crippen MR) is 139 cm³/mol. The normalized spacial score (nSPS) is 11.1. The van der Waals surface area contributed by atoms with Crippen LogP contribution in [0.2, 0.25) is 0 Å². The number of carboxylic acid groups (broad SMARTS) is 1. The molecule has 0 atom stereocenters. The van der Waals surface area contributed by atoms with Gasteiger partial charge in [-0.3, -0.25) is 4.79 Å². The fraction of sp³-hybridized carbons (Fsp3) is 0.207. The minimum Gasteiger partial charge on any atom is -0.508 e. The van der Waals surface area contributed by atoms with Crippen LogP contribution in [0, 0.1) is 0 Å². The lowest BCUT2D eigenvalue weighted by molar-refractivity contribution is -0.137. The van der Waals surface area contributed by atoms with Crippen LogP contribution in [0.1, 0.15) is 58.2 Å². The minimum absolute atomic E-state index is 0.192. The third-order valence-electron chi connectivity index (χ3n) is 5.82. The van der Waals surface area contributed by atoms with E-state index in [0.717, 1.165) is 24.6 Å². The van der Waals surface area contributed by atoms with Crippen LogP contribution in [0.15, 0.2) is 72.8 Å². The molecule has 6 nitrogen and oxygen atoms in total. The van der Waals surface area contributed by atoms with E-state index in [1.807, 2.05) is 12.1 Å². The summed E-state index contributed by atoms with van der Waals surface area (Å²) in [6, 6.07) is 17.6. The van der Waals surface area contributed by atoms with E-state index in [-0.39, 0.29) is 27.7 Å². The molecular formula is C29H27F3N2O4. The summed E-state index contributed by atoms with van der Waals surface area (Å²) in [5.74, 6) is -1.83. The van der Waals surface area contributed by atoms with Crippen LogP contribution in [0.25, 0.3) is 22.0 Å². The van der Waals surface area contributed by atoms with Crippen LogP contribution in [-0.4, -0.2) is 27.1 Å². The second kappa shape index (κ2) is 12.2. The quantitative estimate of drug-likeness (QED) is 0.229. The van der Waals surface area contributed by atoms with Gasteiger partial charge in [-0.05, 0) is 72.0 Å². The zero-order valence-corrected chi connectivity index (χ0v) is 20.6. The molecule has 1 heterocycles. The second-order valence-corrected chi connectivity index (χ2v) is 8.66. The number of rotatable bonds is 7. The fourth-order valence-corrected chi connectivity index (χ4v) is 3.83. The molecule has 3 aromatic carbocycles. The molecule has 4 rings (SSSR count). The Balaban J connectivity index is 0.000000279. The number of aromatic nitrogens is 1. The third-order valence-corrected chi connectivity index (χ3v) is 5.82. The topological polar surface area (TPSA) is 114 Å². The van der Waals surface area contributed by atoms with E-state index >= 15 is 0 Å². The van der Waals surface area contributed by atoms with Crippen molar-refractivity contribution in [1.82, 2.24) is 4.98 Å². The number of carboxylic acids is 1. The molecule has 9 heteroatoms. The van der Waals surface area contributed by atoms with E-state index in [1.54, 1.807) is 12.1 Å². The highest BCUT2D eigenvalue weighted by atomic mass is 19.4. The number of unbranched alkanes of at least 4 members (excludes halogenated alkanes) is 2. The van der Waals surface area contributed by atoms with Crippen LogP contribution in [0.3, 0.4) is 0 Å². The maximum Gasteiger partial charge on any atom is 0.416 e. The number of aryl methyl sites for hydroxylation is 1. The molecule has 1 amide bonds. The van der Waals surface area contributed by atoms with Crippen molar-refractivity contribution in [2.24, 2.45) is 5.73 Å². The molecular weight excluding hydrogens is 497 g/mol. The Kier molecular flexibility index (Phi) is 9.07. The van der Waals surface area contributed by atoms with Crippen LogP contribution >= 0.6 is 0 Å². The number of primary amides is 1. The van der Waals surface area contributed by atoms with E-state index in [1.165, 1.54) is 55.2 Å². The highest BCUT2D eigenvalue weighted by Gasteiger charge is 2.30. The van der Waals surface area contributed by atoms with E-state index in [2.05, 4.69) is 11.9 Å². The average Bonchev–Trinajstić information content (AvgIpc) is 2.89. The fourth-order valence-electron chi connectivity index (χ4n) is 3.83. The molecule has 0 spiro atoms. The maximum absolute atomic E-state index is 12.9. The summed E-state index contributed by atoms with van der Waals surface area (Å²) in [6.07, 6.45) is 0.450. The summed E-state index contributed by atoms with van der Waals surface area (Å²) >= 11 is 0. The molecule has 38 heavy (non-hydrogen) atoms. The molecule has 0 fully saturated rings. The van der Waals surface area contributed by atoms with Crippen molar-refractivity contribution in [2.45, 2.75) is 38.8 Å². The average molecular weight is 525 g/mol. The smallest absolute Gasteiger partial charge is 0.416 e. The van der Waals surface area contributed by atoms with Gasteiger partial charge < -0.3 is 15.9 Å². The molecule has 0 saturated heterocycles. The largest absolute Gasteiger partial charge is 0.508 e. The van der Waals surface area contributed by atoms with Crippen LogP contribution in [0.4, 0.5) is 13.2 Å². The van der Waals surface area contributed by atoms with E-state index in [4.69, 9.17) is 10.8 Å². The SMILES string of the molecule is CCCCCc1ccc(O)cc1.NC(=O)c1cc(C(=O)O)c2cc(-c3cccc(C(F)(F)F)c3)ccc2n1. The Bertz CT molecular complexity index is 1430. The molecule has 0 bridgehead atoms. The number of fused-ring (bicyclic) bond motifs is 1. The molecule has 0 saturated carbocycles. The molecule has 0 aliphatic rings. The summed E-state index contributed by atoms with van der Waals surface area (Å²) < 4.78 is 38.7. The third kappa shape index (κ3) is 7.32.